The predicted molar refractivity (Wildman–Crippen MR) is 102 cm³/mol. The smallest absolute Gasteiger partial charge is 0.317 e. The van der Waals surface area contributed by atoms with Gasteiger partial charge in [0.05, 0.1) is 0 Å². The van der Waals surface area contributed by atoms with Gasteiger partial charge in [-0.1, -0.05) is 31.2 Å². The average Bonchev–Trinajstić information content (AvgIpc) is 2.61. The van der Waals surface area contributed by atoms with Crippen molar-refractivity contribution in [3.05, 3.63) is 35.4 Å². The zero-order chi connectivity index (χ0) is 17.2. The summed E-state index contributed by atoms with van der Waals surface area (Å²) in [6.45, 7) is 6.19. The molecule has 0 atom stereocenters. The lowest BCUT2D eigenvalue weighted by Crippen LogP contribution is -2.43. The molecule has 0 aliphatic carbocycles. The third-order valence-corrected chi connectivity index (χ3v) is 4.10. The van der Waals surface area contributed by atoms with Crippen molar-refractivity contribution in [1.82, 2.24) is 20.9 Å². The van der Waals surface area contributed by atoms with E-state index in [-0.39, 0.29) is 24.3 Å². The zero-order valence-corrected chi connectivity index (χ0v) is 15.7. The third kappa shape index (κ3) is 7.32. The van der Waals surface area contributed by atoms with Crippen molar-refractivity contribution in [3.63, 3.8) is 0 Å². The van der Waals surface area contributed by atoms with Crippen molar-refractivity contribution in [3.8, 4) is 0 Å². The summed E-state index contributed by atoms with van der Waals surface area (Å²) >= 11 is 0. The van der Waals surface area contributed by atoms with Crippen LogP contribution in [0.5, 0.6) is 0 Å². The zero-order valence-electron chi connectivity index (χ0n) is 14.8. The Balaban J connectivity index is 0.00000312. The number of fused-ring (bicyclic) bond motifs is 1. The summed E-state index contributed by atoms with van der Waals surface area (Å²) in [5.41, 5.74) is 2.52. The van der Waals surface area contributed by atoms with Gasteiger partial charge in [0.1, 0.15) is 0 Å². The van der Waals surface area contributed by atoms with Crippen LogP contribution in [0.15, 0.2) is 24.3 Å². The topological polar surface area (TPSA) is 73.5 Å². The Kier molecular flexibility index (Phi) is 9.96. The summed E-state index contributed by atoms with van der Waals surface area (Å²) in [7, 11) is 0. The summed E-state index contributed by atoms with van der Waals surface area (Å²) in [4.78, 5) is 25.7. The summed E-state index contributed by atoms with van der Waals surface area (Å²) in [5.74, 6) is -0.0300. The van der Waals surface area contributed by atoms with Gasteiger partial charge in [0.25, 0.3) is 0 Å². The number of urea groups is 1. The van der Waals surface area contributed by atoms with E-state index in [1.165, 1.54) is 11.1 Å². The summed E-state index contributed by atoms with van der Waals surface area (Å²) in [6, 6.07) is 8.12. The van der Waals surface area contributed by atoms with Crippen LogP contribution in [0.3, 0.4) is 0 Å². The third-order valence-electron chi connectivity index (χ3n) is 4.10. The number of halogens is 1. The highest BCUT2D eigenvalue weighted by atomic mass is 35.5. The highest BCUT2D eigenvalue weighted by Crippen LogP contribution is 2.18. The molecule has 0 spiro atoms. The van der Waals surface area contributed by atoms with Gasteiger partial charge in [-0.3, -0.25) is 4.79 Å². The van der Waals surface area contributed by atoms with E-state index in [0.717, 1.165) is 32.5 Å². The highest BCUT2D eigenvalue weighted by Gasteiger charge is 2.19. The van der Waals surface area contributed by atoms with Gasteiger partial charge in [0, 0.05) is 39.1 Å². The molecule has 0 saturated heterocycles. The van der Waals surface area contributed by atoms with E-state index in [1.54, 1.807) is 4.90 Å². The molecule has 3 amide bonds. The van der Waals surface area contributed by atoms with E-state index in [2.05, 4.69) is 35.0 Å². The molecule has 3 N–H and O–H groups in total. The molecule has 0 aromatic heterocycles. The Morgan fingerprint density at radius 3 is 2.56 bits per heavy atom. The Morgan fingerprint density at radius 2 is 1.80 bits per heavy atom. The number of carbonyl (C=O) groups excluding carboxylic acids is 2. The fourth-order valence-corrected chi connectivity index (χ4v) is 2.74. The van der Waals surface area contributed by atoms with E-state index >= 15 is 0 Å². The standard InChI is InChI=1S/C18H28N4O2.ClH/c1-2-9-19-11-12-20-17(23)7-10-21-18(24)22-13-8-15-5-3-4-6-16(15)14-22;/h3-6,19H,2,7-14H2,1H3,(H,20,23)(H,21,24);1H. The minimum atomic E-state index is -0.0954. The largest absolute Gasteiger partial charge is 0.355 e. The van der Waals surface area contributed by atoms with Crippen LogP contribution in [0.2, 0.25) is 0 Å². The first-order chi connectivity index (χ1) is 11.7. The van der Waals surface area contributed by atoms with Crippen LogP contribution in [-0.4, -0.2) is 49.6 Å². The van der Waals surface area contributed by atoms with E-state index < -0.39 is 0 Å². The quantitative estimate of drug-likeness (QED) is 0.611. The maximum absolute atomic E-state index is 12.2. The number of nitrogens with zero attached hydrogens (tertiary/aromatic N) is 1. The van der Waals surface area contributed by atoms with Crippen molar-refractivity contribution >= 4 is 24.3 Å². The van der Waals surface area contributed by atoms with Gasteiger partial charge in [-0.15, -0.1) is 12.4 Å². The lowest BCUT2D eigenvalue weighted by molar-refractivity contribution is -0.120. The van der Waals surface area contributed by atoms with E-state index in [1.807, 2.05) is 12.1 Å². The Bertz CT molecular complexity index is 554. The van der Waals surface area contributed by atoms with Gasteiger partial charge in [-0.05, 0) is 30.5 Å². The Labute approximate surface area is 156 Å². The lowest BCUT2D eigenvalue weighted by Gasteiger charge is -2.28. The summed E-state index contributed by atoms with van der Waals surface area (Å²) < 4.78 is 0. The van der Waals surface area contributed by atoms with E-state index in [9.17, 15) is 9.59 Å². The first-order valence-electron chi connectivity index (χ1n) is 8.77. The first-order valence-corrected chi connectivity index (χ1v) is 8.77. The van der Waals surface area contributed by atoms with Gasteiger partial charge in [-0.2, -0.15) is 0 Å². The van der Waals surface area contributed by atoms with Gasteiger partial charge < -0.3 is 20.9 Å². The molecule has 1 heterocycles. The SMILES string of the molecule is CCCNCCNC(=O)CCNC(=O)N1CCc2ccccc2C1.Cl. The Hall–Kier alpha value is -1.79. The molecule has 6 nitrogen and oxygen atoms in total. The van der Waals surface area contributed by atoms with E-state index in [0.29, 0.717) is 26.1 Å². The van der Waals surface area contributed by atoms with Crippen LogP contribution in [0.1, 0.15) is 30.9 Å². The van der Waals surface area contributed by atoms with Crippen molar-refractivity contribution in [2.45, 2.75) is 32.7 Å². The molecule has 0 fully saturated rings. The normalized spacial score (nSPS) is 12.8. The molecule has 0 saturated carbocycles. The second-order valence-electron chi connectivity index (χ2n) is 6.02. The monoisotopic (exact) mass is 368 g/mol. The van der Waals surface area contributed by atoms with Crippen LogP contribution in [0.25, 0.3) is 0 Å². The van der Waals surface area contributed by atoms with Gasteiger partial charge in [0.2, 0.25) is 5.91 Å². The minimum Gasteiger partial charge on any atom is -0.355 e. The number of benzene rings is 1. The highest BCUT2D eigenvalue weighted by molar-refractivity contribution is 5.85. The number of carbonyl (C=O) groups is 2. The molecule has 1 aliphatic rings. The number of rotatable bonds is 8. The van der Waals surface area contributed by atoms with Crippen molar-refractivity contribution in [1.29, 1.82) is 0 Å². The van der Waals surface area contributed by atoms with E-state index in [4.69, 9.17) is 0 Å². The number of amides is 3. The fourth-order valence-electron chi connectivity index (χ4n) is 2.74. The molecule has 140 valence electrons. The molecular formula is C18H29ClN4O2. The molecule has 7 heteroatoms. The molecular weight excluding hydrogens is 340 g/mol. The minimum absolute atomic E-state index is 0. The molecule has 1 aromatic rings. The van der Waals surface area contributed by atoms with Crippen LogP contribution in [0, 0.1) is 0 Å². The molecule has 0 unspecified atom stereocenters. The summed E-state index contributed by atoms with van der Waals surface area (Å²) in [6.07, 6.45) is 2.28. The predicted octanol–water partition coefficient (Wildman–Crippen LogP) is 1.68. The second kappa shape index (κ2) is 11.7. The maximum Gasteiger partial charge on any atom is 0.317 e. The van der Waals surface area contributed by atoms with Crippen molar-refractivity contribution in [2.75, 3.05) is 32.7 Å². The van der Waals surface area contributed by atoms with Crippen molar-refractivity contribution in [2.24, 2.45) is 0 Å². The number of nitrogens with one attached hydrogen (secondary N) is 3. The molecule has 0 bridgehead atoms. The molecule has 1 aromatic carbocycles. The first kappa shape index (κ1) is 21.3. The van der Waals surface area contributed by atoms with Crippen LogP contribution < -0.4 is 16.0 Å². The van der Waals surface area contributed by atoms with Crippen LogP contribution >= 0.6 is 12.4 Å². The molecule has 0 radical (unpaired) electrons. The van der Waals surface area contributed by atoms with Gasteiger partial charge in [-0.25, -0.2) is 4.79 Å². The van der Waals surface area contributed by atoms with Crippen LogP contribution in [-0.2, 0) is 17.8 Å². The molecule has 2 rings (SSSR count). The van der Waals surface area contributed by atoms with Gasteiger partial charge in [0.15, 0.2) is 0 Å². The second-order valence-corrected chi connectivity index (χ2v) is 6.02. The van der Waals surface area contributed by atoms with Gasteiger partial charge >= 0.3 is 6.03 Å². The fraction of sp³-hybridized carbons (Fsp3) is 0.556. The summed E-state index contributed by atoms with van der Waals surface area (Å²) in [5, 5.41) is 8.90. The maximum atomic E-state index is 12.2. The van der Waals surface area contributed by atoms with Crippen LogP contribution in [0.4, 0.5) is 4.79 Å². The number of hydrogen-bond acceptors (Lipinski definition) is 3. The molecule has 25 heavy (non-hydrogen) atoms. The lowest BCUT2D eigenvalue weighted by atomic mass is 10.0. The Morgan fingerprint density at radius 1 is 1.04 bits per heavy atom. The molecule has 1 aliphatic heterocycles. The number of hydrogen-bond donors (Lipinski definition) is 3. The average molecular weight is 369 g/mol. The van der Waals surface area contributed by atoms with Crippen molar-refractivity contribution < 1.29 is 9.59 Å².